The zero-order chi connectivity index (χ0) is 22.7. The molecule has 0 saturated carbocycles. The average molecular weight is 427 g/mol. The smallest absolute Gasteiger partial charge is 0.255 e. The summed E-state index contributed by atoms with van der Waals surface area (Å²) in [5.41, 5.74) is 4.90. The molecule has 1 aliphatic heterocycles. The Kier molecular flexibility index (Phi) is 6.93. The summed E-state index contributed by atoms with van der Waals surface area (Å²) in [6.07, 6.45) is 1.09. The summed E-state index contributed by atoms with van der Waals surface area (Å²) in [7, 11) is 7.17. The molecule has 1 aliphatic rings. The number of rotatable bonds is 6. The molecule has 2 heterocycles. The van der Waals surface area contributed by atoms with Gasteiger partial charge < -0.3 is 24.0 Å². The number of hydrogen-bond acceptors (Lipinski definition) is 4. The molecule has 2 amide bonds. The zero-order valence-electron chi connectivity index (χ0n) is 19.6. The molecule has 1 aromatic heterocycles. The topological polar surface area (TPSA) is 58.0 Å². The number of amides is 2. The van der Waals surface area contributed by atoms with Crippen molar-refractivity contribution in [3.8, 4) is 5.75 Å². The van der Waals surface area contributed by atoms with Crippen LogP contribution < -0.4 is 9.64 Å². The van der Waals surface area contributed by atoms with Crippen molar-refractivity contribution in [1.82, 2.24) is 14.4 Å². The molecule has 1 fully saturated rings. The summed E-state index contributed by atoms with van der Waals surface area (Å²) >= 11 is 0. The maximum absolute atomic E-state index is 12.9. The van der Waals surface area contributed by atoms with E-state index in [-0.39, 0.29) is 11.8 Å². The standard InChI is InChI=1S/C24H34N4O3/c1-17-21(26(5)18(2)23(17)24(30)25(3)4)11-12-22(29)28-15-13-27(14-16-28)19-7-9-20(31-6)10-8-19/h7-10H,11-16H2,1-6H3. The third-order valence-corrected chi connectivity index (χ3v) is 6.34. The number of carbonyl (C=O) groups is 2. The number of anilines is 1. The van der Waals surface area contributed by atoms with E-state index in [4.69, 9.17) is 4.74 Å². The number of carbonyl (C=O) groups excluding carboxylic acids is 2. The van der Waals surface area contributed by atoms with E-state index >= 15 is 0 Å². The minimum absolute atomic E-state index is 0.0119. The first-order valence-electron chi connectivity index (χ1n) is 10.8. The van der Waals surface area contributed by atoms with Crippen LogP contribution in [0.25, 0.3) is 0 Å². The van der Waals surface area contributed by atoms with Gasteiger partial charge in [-0.05, 0) is 50.1 Å². The third kappa shape index (κ3) is 4.70. The summed E-state index contributed by atoms with van der Waals surface area (Å²) < 4.78 is 7.28. The molecule has 1 saturated heterocycles. The van der Waals surface area contributed by atoms with Crippen LogP contribution >= 0.6 is 0 Å². The van der Waals surface area contributed by atoms with E-state index in [0.717, 1.165) is 60.1 Å². The Labute approximate surface area is 185 Å². The Morgan fingerprint density at radius 2 is 1.65 bits per heavy atom. The van der Waals surface area contributed by atoms with Gasteiger partial charge in [0.15, 0.2) is 0 Å². The highest BCUT2D eigenvalue weighted by molar-refractivity contribution is 5.97. The Bertz CT molecular complexity index is 939. The predicted molar refractivity (Wildman–Crippen MR) is 123 cm³/mol. The van der Waals surface area contributed by atoms with E-state index in [1.54, 1.807) is 26.1 Å². The first-order valence-corrected chi connectivity index (χ1v) is 10.8. The van der Waals surface area contributed by atoms with Crippen molar-refractivity contribution in [3.63, 3.8) is 0 Å². The van der Waals surface area contributed by atoms with Crippen LogP contribution in [-0.4, -0.2) is 73.6 Å². The van der Waals surface area contributed by atoms with Crippen LogP contribution in [-0.2, 0) is 18.3 Å². The van der Waals surface area contributed by atoms with Crippen molar-refractivity contribution in [1.29, 1.82) is 0 Å². The van der Waals surface area contributed by atoms with Crippen molar-refractivity contribution in [2.45, 2.75) is 26.7 Å². The third-order valence-electron chi connectivity index (χ3n) is 6.34. The maximum atomic E-state index is 12.9. The second-order valence-electron chi connectivity index (χ2n) is 8.36. The summed E-state index contributed by atoms with van der Waals surface area (Å²) in [6.45, 7) is 7.04. The molecule has 0 spiro atoms. The van der Waals surface area contributed by atoms with Crippen LogP contribution in [0.3, 0.4) is 0 Å². The van der Waals surface area contributed by atoms with Crippen molar-refractivity contribution >= 4 is 17.5 Å². The molecule has 3 rings (SSSR count). The summed E-state index contributed by atoms with van der Waals surface area (Å²) in [6, 6.07) is 8.05. The van der Waals surface area contributed by atoms with Crippen molar-refractivity contribution in [3.05, 3.63) is 46.8 Å². The lowest BCUT2D eigenvalue weighted by Crippen LogP contribution is -2.48. The van der Waals surface area contributed by atoms with Crippen LogP contribution in [0.1, 0.15) is 33.7 Å². The van der Waals surface area contributed by atoms with Gasteiger partial charge in [-0.2, -0.15) is 0 Å². The highest BCUT2D eigenvalue weighted by Crippen LogP contribution is 2.24. The number of piperazine rings is 1. The van der Waals surface area contributed by atoms with E-state index in [0.29, 0.717) is 12.8 Å². The largest absolute Gasteiger partial charge is 0.497 e. The fourth-order valence-electron chi connectivity index (χ4n) is 4.32. The molecule has 7 nitrogen and oxygen atoms in total. The highest BCUT2D eigenvalue weighted by atomic mass is 16.5. The van der Waals surface area contributed by atoms with Crippen molar-refractivity contribution in [2.24, 2.45) is 7.05 Å². The first kappa shape index (κ1) is 22.7. The minimum atomic E-state index is 0.0119. The van der Waals surface area contributed by atoms with Gasteiger partial charge in [0.25, 0.3) is 5.91 Å². The molecule has 0 atom stereocenters. The molecule has 1 aromatic carbocycles. The molecule has 7 heteroatoms. The Morgan fingerprint density at radius 1 is 1.03 bits per heavy atom. The fourth-order valence-corrected chi connectivity index (χ4v) is 4.32. The first-order chi connectivity index (χ1) is 14.7. The van der Waals surface area contributed by atoms with Gasteiger partial charge in [-0.3, -0.25) is 9.59 Å². The molecule has 0 bridgehead atoms. The Morgan fingerprint density at radius 3 is 2.19 bits per heavy atom. The van der Waals surface area contributed by atoms with E-state index in [9.17, 15) is 9.59 Å². The quantitative estimate of drug-likeness (QED) is 0.713. The summed E-state index contributed by atoms with van der Waals surface area (Å²) in [4.78, 5) is 31.3. The van der Waals surface area contributed by atoms with Gasteiger partial charge in [-0.15, -0.1) is 0 Å². The number of nitrogens with zero attached hydrogens (tertiary/aromatic N) is 4. The number of methoxy groups -OCH3 is 1. The maximum Gasteiger partial charge on any atom is 0.255 e. The van der Waals surface area contributed by atoms with Crippen molar-refractivity contribution < 1.29 is 14.3 Å². The monoisotopic (exact) mass is 426 g/mol. The number of benzene rings is 1. The second kappa shape index (κ2) is 9.45. The lowest BCUT2D eigenvalue weighted by molar-refractivity contribution is -0.131. The normalized spacial score (nSPS) is 14.0. The van der Waals surface area contributed by atoms with Gasteiger partial charge in [-0.1, -0.05) is 0 Å². The van der Waals surface area contributed by atoms with Crippen LogP contribution in [0.15, 0.2) is 24.3 Å². The zero-order valence-corrected chi connectivity index (χ0v) is 19.6. The summed E-state index contributed by atoms with van der Waals surface area (Å²) in [5.74, 6) is 1.03. The Balaban J connectivity index is 1.58. The van der Waals surface area contributed by atoms with E-state index in [2.05, 4.69) is 21.6 Å². The molecule has 0 aliphatic carbocycles. The molecular weight excluding hydrogens is 392 g/mol. The number of aromatic nitrogens is 1. The Hall–Kier alpha value is -2.96. The SMILES string of the molecule is COc1ccc(N2CCN(C(=O)CCc3c(C)c(C(=O)N(C)C)c(C)n3C)CC2)cc1. The van der Waals surface area contributed by atoms with Gasteiger partial charge in [0, 0.05) is 70.8 Å². The van der Waals surface area contributed by atoms with Gasteiger partial charge >= 0.3 is 0 Å². The number of ether oxygens (including phenoxy) is 1. The van der Waals surface area contributed by atoms with Gasteiger partial charge in [0.1, 0.15) is 5.75 Å². The highest BCUT2D eigenvalue weighted by Gasteiger charge is 2.24. The minimum Gasteiger partial charge on any atom is -0.497 e. The molecule has 2 aromatic rings. The molecule has 0 unspecified atom stereocenters. The van der Waals surface area contributed by atoms with Crippen molar-refractivity contribution in [2.75, 3.05) is 52.3 Å². The lowest BCUT2D eigenvalue weighted by atomic mass is 10.1. The van der Waals surface area contributed by atoms with Crippen LogP contribution in [0.2, 0.25) is 0 Å². The molecule has 168 valence electrons. The van der Waals surface area contributed by atoms with E-state index in [1.807, 2.05) is 37.9 Å². The van der Waals surface area contributed by atoms with Gasteiger partial charge in [-0.25, -0.2) is 0 Å². The average Bonchev–Trinajstić information content (AvgIpc) is 2.99. The molecule has 31 heavy (non-hydrogen) atoms. The van der Waals surface area contributed by atoms with Gasteiger partial charge in [0.05, 0.1) is 12.7 Å². The molecule has 0 radical (unpaired) electrons. The van der Waals surface area contributed by atoms with Crippen LogP contribution in [0, 0.1) is 13.8 Å². The number of hydrogen-bond donors (Lipinski definition) is 0. The molecule has 0 N–H and O–H groups in total. The van der Waals surface area contributed by atoms with Gasteiger partial charge in [0.2, 0.25) is 5.91 Å². The van der Waals surface area contributed by atoms with Crippen LogP contribution in [0.5, 0.6) is 5.75 Å². The van der Waals surface area contributed by atoms with Crippen LogP contribution in [0.4, 0.5) is 5.69 Å². The second-order valence-corrected chi connectivity index (χ2v) is 8.36. The predicted octanol–water partition coefficient (Wildman–Crippen LogP) is 2.63. The summed E-state index contributed by atoms with van der Waals surface area (Å²) in [5, 5.41) is 0. The molecular formula is C24H34N4O3. The lowest BCUT2D eigenvalue weighted by Gasteiger charge is -2.36. The fraction of sp³-hybridized carbons (Fsp3) is 0.500. The van der Waals surface area contributed by atoms with E-state index in [1.165, 1.54) is 0 Å². The van der Waals surface area contributed by atoms with E-state index < -0.39 is 0 Å².